The maximum atomic E-state index is 9.09. The van der Waals surface area contributed by atoms with Crippen molar-refractivity contribution in [1.82, 2.24) is 10.3 Å². The summed E-state index contributed by atoms with van der Waals surface area (Å²) in [7, 11) is 0. The Kier molecular flexibility index (Phi) is 4.56. The molecule has 2 atom stereocenters. The van der Waals surface area contributed by atoms with E-state index in [0.717, 1.165) is 6.42 Å². The SMILES string of the molecule is CC(Cc1ccncc1)NC[C@@H](C)O. The molecule has 3 nitrogen and oxygen atoms in total. The molecule has 2 N–H and O–H groups in total. The average Bonchev–Trinajstić information content (AvgIpc) is 2.16. The molecule has 1 aromatic heterocycles. The highest BCUT2D eigenvalue weighted by atomic mass is 16.3. The van der Waals surface area contributed by atoms with E-state index < -0.39 is 0 Å². The minimum absolute atomic E-state index is 0.283. The van der Waals surface area contributed by atoms with Gasteiger partial charge in [0, 0.05) is 25.0 Å². The van der Waals surface area contributed by atoms with E-state index >= 15 is 0 Å². The molecule has 0 amide bonds. The Morgan fingerprint density at radius 1 is 1.36 bits per heavy atom. The van der Waals surface area contributed by atoms with E-state index in [1.807, 2.05) is 12.1 Å². The van der Waals surface area contributed by atoms with Crippen LogP contribution in [-0.2, 0) is 6.42 Å². The van der Waals surface area contributed by atoms with Crippen molar-refractivity contribution in [2.45, 2.75) is 32.4 Å². The Labute approximate surface area is 85.2 Å². The van der Waals surface area contributed by atoms with Gasteiger partial charge in [0.1, 0.15) is 0 Å². The van der Waals surface area contributed by atoms with Gasteiger partial charge in [0.05, 0.1) is 6.10 Å². The van der Waals surface area contributed by atoms with Crippen molar-refractivity contribution in [3.05, 3.63) is 30.1 Å². The molecule has 0 aromatic carbocycles. The quantitative estimate of drug-likeness (QED) is 0.734. The predicted octanol–water partition coefficient (Wildman–Crippen LogP) is 0.983. The average molecular weight is 194 g/mol. The summed E-state index contributed by atoms with van der Waals surface area (Å²) in [6.07, 6.45) is 4.29. The van der Waals surface area contributed by atoms with Crippen LogP contribution < -0.4 is 5.32 Å². The predicted molar refractivity (Wildman–Crippen MR) is 57.1 cm³/mol. The molecule has 0 bridgehead atoms. The fourth-order valence-electron chi connectivity index (χ4n) is 1.32. The van der Waals surface area contributed by atoms with Crippen LogP contribution in [0.15, 0.2) is 24.5 Å². The van der Waals surface area contributed by atoms with Crippen LogP contribution in [0.1, 0.15) is 19.4 Å². The molecular formula is C11H18N2O. The van der Waals surface area contributed by atoms with Gasteiger partial charge in [0.15, 0.2) is 0 Å². The maximum Gasteiger partial charge on any atom is 0.0636 e. The van der Waals surface area contributed by atoms with Gasteiger partial charge in [-0.25, -0.2) is 0 Å². The zero-order valence-electron chi connectivity index (χ0n) is 8.77. The lowest BCUT2D eigenvalue weighted by Crippen LogP contribution is -2.33. The molecule has 3 heteroatoms. The van der Waals surface area contributed by atoms with Gasteiger partial charge in [-0.1, -0.05) is 0 Å². The first kappa shape index (κ1) is 11.1. The maximum absolute atomic E-state index is 9.09. The molecule has 1 rings (SSSR count). The number of nitrogens with one attached hydrogen (secondary N) is 1. The number of aromatic nitrogens is 1. The van der Waals surface area contributed by atoms with Gasteiger partial charge in [-0.3, -0.25) is 4.98 Å². The van der Waals surface area contributed by atoms with Crippen molar-refractivity contribution < 1.29 is 5.11 Å². The van der Waals surface area contributed by atoms with E-state index in [4.69, 9.17) is 5.11 Å². The molecule has 0 aliphatic rings. The summed E-state index contributed by atoms with van der Waals surface area (Å²) in [4.78, 5) is 3.97. The van der Waals surface area contributed by atoms with Crippen LogP contribution in [0.4, 0.5) is 0 Å². The lowest BCUT2D eigenvalue weighted by Gasteiger charge is -2.14. The molecule has 0 aliphatic carbocycles. The largest absolute Gasteiger partial charge is 0.392 e. The number of pyridine rings is 1. The molecule has 1 heterocycles. The molecule has 14 heavy (non-hydrogen) atoms. The van der Waals surface area contributed by atoms with Crippen molar-refractivity contribution >= 4 is 0 Å². The lowest BCUT2D eigenvalue weighted by atomic mass is 10.1. The van der Waals surface area contributed by atoms with Crippen molar-refractivity contribution in [2.24, 2.45) is 0 Å². The Bertz CT molecular complexity index is 249. The first-order chi connectivity index (χ1) is 6.68. The highest BCUT2D eigenvalue weighted by Crippen LogP contribution is 2.00. The summed E-state index contributed by atoms with van der Waals surface area (Å²) < 4.78 is 0. The number of hydrogen-bond donors (Lipinski definition) is 2. The molecule has 1 unspecified atom stereocenters. The van der Waals surface area contributed by atoms with Crippen molar-refractivity contribution in [3.8, 4) is 0 Å². The number of nitrogens with zero attached hydrogens (tertiary/aromatic N) is 1. The summed E-state index contributed by atoms with van der Waals surface area (Å²) in [5, 5.41) is 12.4. The van der Waals surface area contributed by atoms with E-state index in [1.165, 1.54) is 5.56 Å². The smallest absolute Gasteiger partial charge is 0.0636 e. The van der Waals surface area contributed by atoms with Gasteiger partial charge in [-0.05, 0) is 38.0 Å². The van der Waals surface area contributed by atoms with Gasteiger partial charge in [-0.2, -0.15) is 0 Å². The molecule has 0 aliphatic heterocycles. The van der Waals surface area contributed by atoms with Gasteiger partial charge < -0.3 is 10.4 Å². The van der Waals surface area contributed by atoms with E-state index in [2.05, 4.69) is 17.2 Å². The van der Waals surface area contributed by atoms with E-state index in [-0.39, 0.29) is 6.10 Å². The van der Waals surface area contributed by atoms with E-state index in [0.29, 0.717) is 12.6 Å². The fourth-order valence-corrected chi connectivity index (χ4v) is 1.32. The third-order valence-electron chi connectivity index (χ3n) is 2.05. The van der Waals surface area contributed by atoms with Gasteiger partial charge in [-0.15, -0.1) is 0 Å². The molecule has 0 saturated carbocycles. The minimum Gasteiger partial charge on any atom is -0.392 e. The van der Waals surface area contributed by atoms with Crippen molar-refractivity contribution in [1.29, 1.82) is 0 Å². The molecule has 0 saturated heterocycles. The summed E-state index contributed by atoms with van der Waals surface area (Å²) in [6, 6.07) is 4.41. The van der Waals surface area contributed by atoms with Gasteiger partial charge in [0.2, 0.25) is 0 Å². The number of rotatable bonds is 5. The van der Waals surface area contributed by atoms with E-state index in [9.17, 15) is 0 Å². The topological polar surface area (TPSA) is 45.2 Å². The highest BCUT2D eigenvalue weighted by Gasteiger charge is 2.03. The molecule has 0 fully saturated rings. The Hall–Kier alpha value is -0.930. The second kappa shape index (κ2) is 5.73. The van der Waals surface area contributed by atoms with E-state index in [1.54, 1.807) is 19.3 Å². The standard InChI is InChI=1S/C11H18N2O/c1-9(13-8-10(2)14)7-11-3-5-12-6-4-11/h3-6,9-10,13-14H,7-8H2,1-2H3/t9?,10-/m1/s1. The third kappa shape index (κ3) is 4.35. The van der Waals surface area contributed by atoms with Crippen LogP contribution in [0.2, 0.25) is 0 Å². The zero-order chi connectivity index (χ0) is 10.4. The van der Waals surface area contributed by atoms with Crippen molar-refractivity contribution in [2.75, 3.05) is 6.54 Å². The van der Waals surface area contributed by atoms with Crippen LogP contribution in [0.3, 0.4) is 0 Å². The summed E-state index contributed by atoms with van der Waals surface area (Å²) >= 11 is 0. The van der Waals surface area contributed by atoms with Gasteiger partial charge in [0.25, 0.3) is 0 Å². The van der Waals surface area contributed by atoms with Crippen molar-refractivity contribution in [3.63, 3.8) is 0 Å². The number of aliphatic hydroxyl groups is 1. The second-order valence-electron chi connectivity index (χ2n) is 3.72. The van der Waals surface area contributed by atoms with Gasteiger partial charge >= 0.3 is 0 Å². The Morgan fingerprint density at radius 3 is 2.57 bits per heavy atom. The third-order valence-corrected chi connectivity index (χ3v) is 2.05. The summed E-state index contributed by atoms with van der Waals surface area (Å²) in [5.41, 5.74) is 1.27. The Balaban J connectivity index is 2.30. The lowest BCUT2D eigenvalue weighted by molar-refractivity contribution is 0.187. The first-order valence-electron chi connectivity index (χ1n) is 4.99. The summed E-state index contributed by atoms with van der Waals surface area (Å²) in [6.45, 7) is 4.54. The molecule has 0 radical (unpaired) electrons. The minimum atomic E-state index is -0.283. The molecule has 0 spiro atoms. The highest BCUT2D eigenvalue weighted by molar-refractivity contribution is 5.10. The fraction of sp³-hybridized carbons (Fsp3) is 0.545. The zero-order valence-corrected chi connectivity index (χ0v) is 8.77. The second-order valence-corrected chi connectivity index (χ2v) is 3.72. The normalized spacial score (nSPS) is 15.1. The van der Waals surface area contributed by atoms with Crippen LogP contribution in [-0.4, -0.2) is 28.8 Å². The molecular weight excluding hydrogens is 176 g/mol. The van der Waals surface area contributed by atoms with Crippen LogP contribution in [0.5, 0.6) is 0 Å². The van der Waals surface area contributed by atoms with Crippen LogP contribution in [0, 0.1) is 0 Å². The first-order valence-corrected chi connectivity index (χ1v) is 4.99. The number of aliphatic hydroxyl groups excluding tert-OH is 1. The van der Waals surface area contributed by atoms with Crippen LogP contribution in [0.25, 0.3) is 0 Å². The van der Waals surface area contributed by atoms with Crippen LogP contribution >= 0.6 is 0 Å². The molecule has 78 valence electrons. The monoisotopic (exact) mass is 194 g/mol. The number of hydrogen-bond acceptors (Lipinski definition) is 3. The summed E-state index contributed by atoms with van der Waals surface area (Å²) in [5.74, 6) is 0. The Morgan fingerprint density at radius 2 is 2.00 bits per heavy atom. The molecule has 1 aromatic rings.